The van der Waals surface area contributed by atoms with Crippen LogP contribution in [0.25, 0.3) is 0 Å². The number of phosphoric acid groups is 1. The van der Waals surface area contributed by atoms with Crippen molar-refractivity contribution >= 4 is 19.8 Å². The van der Waals surface area contributed by atoms with Gasteiger partial charge in [-0.2, -0.15) is 0 Å². The van der Waals surface area contributed by atoms with Crippen LogP contribution in [0.3, 0.4) is 0 Å². The molecule has 55 heavy (non-hydrogen) atoms. The molecule has 320 valence electrons. The van der Waals surface area contributed by atoms with Gasteiger partial charge in [0.05, 0.1) is 13.2 Å². The number of unbranched alkanes of at least 4 members (excludes halogenated alkanes) is 20. The maximum Gasteiger partial charge on any atom is 0.472 e. The van der Waals surface area contributed by atoms with Gasteiger partial charge in [0.25, 0.3) is 0 Å². The van der Waals surface area contributed by atoms with Gasteiger partial charge >= 0.3 is 19.8 Å². The van der Waals surface area contributed by atoms with Crippen molar-refractivity contribution in [1.29, 1.82) is 0 Å². The molecule has 0 aromatic carbocycles. The lowest BCUT2D eigenvalue weighted by Crippen LogP contribution is -2.29. The second-order valence-electron chi connectivity index (χ2n) is 14.6. The highest BCUT2D eigenvalue weighted by molar-refractivity contribution is 7.47. The molecule has 0 saturated heterocycles. The first-order chi connectivity index (χ1) is 26.8. The summed E-state index contributed by atoms with van der Waals surface area (Å²) in [5.74, 6) is -0.890. The fraction of sp³-hybridized carbons (Fsp3) is 0.778. The zero-order valence-electron chi connectivity index (χ0n) is 35.2. The van der Waals surface area contributed by atoms with E-state index in [9.17, 15) is 19.0 Å². The minimum Gasteiger partial charge on any atom is -0.462 e. The van der Waals surface area contributed by atoms with Gasteiger partial charge in [-0.1, -0.05) is 178 Å². The van der Waals surface area contributed by atoms with Crippen molar-refractivity contribution in [2.24, 2.45) is 5.73 Å². The first kappa shape index (κ1) is 53.0. The Bertz CT molecular complexity index is 1040. The largest absolute Gasteiger partial charge is 0.472 e. The smallest absolute Gasteiger partial charge is 0.462 e. The van der Waals surface area contributed by atoms with Crippen LogP contribution in [-0.4, -0.2) is 49.3 Å². The van der Waals surface area contributed by atoms with Crippen molar-refractivity contribution < 1.29 is 37.6 Å². The molecular formula is C45H82NO8P. The molecule has 1 unspecified atom stereocenters. The van der Waals surface area contributed by atoms with Crippen LogP contribution in [0.4, 0.5) is 0 Å². The molecular weight excluding hydrogens is 713 g/mol. The normalized spacial score (nSPS) is 13.7. The van der Waals surface area contributed by atoms with Gasteiger partial charge in [0.1, 0.15) is 6.61 Å². The summed E-state index contributed by atoms with van der Waals surface area (Å²) in [7, 11) is -4.39. The number of esters is 2. The highest BCUT2D eigenvalue weighted by Crippen LogP contribution is 2.43. The van der Waals surface area contributed by atoms with Crippen molar-refractivity contribution in [3.05, 3.63) is 48.6 Å². The van der Waals surface area contributed by atoms with Crippen LogP contribution < -0.4 is 5.73 Å². The molecule has 0 bridgehead atoms. The Balaban J connectivity index is 4.22. The Hall–Kier alpha value is -2.03. The number of hydrogen-bond donors (Lipinski definition) is 2. The zero-order chi connectivity index (χ0) is 40.3. The van der Waals surface area contributed by atoms with Gasteiger partial charge in [-0.3, -0.25) is 18.6 Å². The minimum absolute atomic E-state index is 0.0460. The lowest BCUT2D eigenvalue weighted by atomic mass is 10.0. The molecule has 0 rings (SSSR count). The summed E-state index contributed by atoms with van der Waals surface area (Å²) in [4.78, 5) is 34.9. The fourth-order valence-corrected chi connectivity index (χ4v) is 6.69. The molecule has 0 aliphatic carbocycles. The molecule has 0 spiro atoms. The van der Waals surface area contributed by atoms with Gasteiger partial charge in [0.15, 0.2) is 6.10 Å². The predicted molar refractivity (Wildman–Crippen MR) is 229 cm³/mol. The number of ether oxygens (including phenoxy) is 2. The molecule has 0 aromatic heterocycles. The van der Waals surface area contributed by atoms with E-state index in [0.717, 1.165) is 44.9 Å². The molecule has 0 radical (unpaired) electrons. The van der Waals surface area contributed by atoms with Crippen LogP contribution in [0.1, 0.15) is 194 Å². The van der Waals surface area contributed by atoms with Gasteiger partial charge in [0, 0.05) is 19.4 Å². The van der Waals surface area contributed by atoms with Crippen molar-refractivity contribution in [1.82, 2.24) is 0 Å². The summed E-state index contributed by atoms with van der Waals surface area (Å²) in [6.45, 7) is 3.65. The van der Waals surface area contributed by atoms with E-state index >= 15 is 0 Å². The highest BCUT2D eigenvalue weighted by atomic mass is 31.2. The molecule has 0 aliphatic heterocycles. The SMILES string of the molecule is CCCCC/C=C/C/C=C/C/C=C/C/C=C/CCCC(=O)OC[C@H](COP(=O)(O)OCCN)OC(=O)CCCCCCCCCCCCCCCCCCC. The summed E-state index contributed by atoms with van der Waals surface area (Å²) >= 11 is 0. The van der Waals surface area contributed by atoms with Crippen LogP contribution >= 0.6 is 7.82 Å². The van der Waals surface area contributed by atoms with Gasteiger partial charge in [-0.15, -0.1) is 0 Å². The lowest BCUT2D eigenvalue weighted by molar-refractivity contribution is -0.161. The molecule has 10 heteroatoms. The summed E-state index contributed by atoms with van der Waals surface area (Å²) < 4.78 is 32.7. The molecule has 0 saturated carbocycles. The van der Waals surface area contributed by atoms with E-state index in [-0.39, 0.29) is 32.6 Å². The standard InChI is InChI=1S/C45H82NO8P/c1-3-5-7-9-11-13-15-17-19-21-23-25-27-29-31-33-35-37-44(47)51-41-43(42-53-55(49,50)52-40-39-46)54-45(48)38-36-34-32-30-28-26-24-22-20-18-16-14-12-10-8-6-4-2/h11,13,17,19,23,25,29,31,43H,3-10,12,14-16,18,20-22,24,26-28,30,32-42,46H2,1-2H3,(H,49,50)/b13-11+,19-17+,25-23+,31-29+/t43-/m1/s1. The van der Waals surface area contributed by atoms with Crippen molar-refractivity contribution in [2.45, 2.75) is 200 Å². The van der Waals surface area contributed by atoms with E-state index in [2.05, 4.69) is 62.5 Å². The quantitative estimate of drug-likeness (QED) is 0.0268. The number of nitrogens with two attached hydrogens (primary N) is 1. The molecule has 2 atom stereocenters. The first-order valence-corrected chi connectivity index (χ1v) is 23.6. The maximum atomic E-state index is 12.6. The van der Waals surface area contributed by atoms with Crippen LogP contribution in [0.5, 0.6) is 0 Å². The lowest BCUT2D eigenvalue weighted by Gasteiger charge is -2.19. The monoisotopic (exact) mass is 796 g/mol. The third kappa shape index (κ3) is 41.4. The van der Waals surface area contributed by atoms with Gasteiger partial charge in [0.2, 0.25) is 0 Å². The van der Waals surface area contributed by atoms with Crippen molar-refractivity contribution in [3.63, 3.8) is 0 Å². The Morgan fingerprint density at radius 2 is 0.964 bits per heavy atom. The Labute approximate surface area is 336 Å². The topological polar surface area (TPSA) is 134 Å². The van der Waals surface area contributed by atoms with E-state index in [1.165, 1.54) is 109 Å². The van der Waals surface area contributed by atoms with Gasteiger partial charge < -0.3 is 20.1 Å². The van der Waals surface area contributed by atoms with Crippen LogP contribution in [0, 0.1) is 0 Å². The Morgan fingerprint density at radius 3 is 1.45 bits per heavy atom. The highest BCUT2D eigenvalue weighted by Gasteiger charge is 2.26. The summed E-state index contributed by atoms with van der Waals surface area (Å²) in [6.07, 6.45) is 47.2. The second kappa shape index (κ2) is 41.6. The third-order valence-corrected chi connectivity index (χ3v) is 10.2. The van der Waals surface area contributed by atoms with Crippen LogP contribution in [-0.2, 0) is 32.7 Å². The molecule has 3 N–H and O–H groups in total. The molecule has 9 nitrogen and oxygen atoms in total. The average molecular weight is 796 g/mol. The Morgan fingerprint density at radius 1 is 0.545 bits per heavy atom. The van der Waals surface area contributed by atoms with Crippen LogP contribution in [0.15, 0.2) is 48.6 Å². The van der Waals surface area contributed by atoms with Crippen LogP contribution in [0.2, 0.25) is 0 Å². The van der Waals surface area contributed by atoms with E-state index in [0.29, 0.717) is 12.8 Å². The predicted octanol–water partition coefficient (Wildman–Crippen LogP) is 12.7. The van der Waals surface area contributed by atoms with E-state index < -0.39 is 32.5 Å². The van der Waals surface area contributed by atoms with E-state index in [1.54, 1.807) is 0 Å². The molecule has 0 amide bonds. The van der Waals surface area contributed by atoms with Crippen molar-refractivity contribution in [3.8, 4) is 0 Å². The van der Waals surface area contributed by atoms with Gasteiger partial charge in [-0.25, -0.2) is 4.57 Å². The molecule has 0 fully saturated rings. The molecule has 0 heterocycles. The third-order valence-electron chi connectivity index (χ3n) is 9.22. The number of rotatable bonds is 41. The summed E-state index contributed by atoms with van der Waals surface area (Å²) in [6, 6.07) is 0. The van der Waals surface area contributed by atoms with E-state index in [4.69, 9.17) is 24.3 Å². The fourth-order valence-electron chi connectivity index (χ4n) is 5.92. The first-order valence-electron chi connectivity index (χ1n) is 22.1. The zero-order valence-corrected chi connectivity index (χ0v) is 36.0. The number of carbonyl (C=O) groups is 2. The summed E-state index contributed by atoms with van der Waals surface area (Å²) in [5.41, 5.74) is 5.34. The van der Waals surface area contributed by atoms with Crippen molar-refractivity contribution in [2.75, 3.05) is 26.4 Å². The maximum absolute atomic E-state index is 12.6. The number of allylic oxidation sites excluding steroid dienone is 8. The average Bonchev–Trinajstić information content (AvgIpc) is 3.17. The number of carbonyl (C=O) groups excluding carboxylic acids is 2. The Kier molecular flexibility index (Phi) is 40.1. The second-order valence-corrected chi connectivity index (χ2v) is 16.0. The summed E-state index contributed by atoms with van der Waals surface area (Å²) in [5, 5.41) is 0. The number of hydrogen-bond acceptors (Lipinski definition) is 8. The molecule has 0 aliphatic rings. The van der Waals surface area contributed by atoms with Gasteiger partial charge in [-0.05, 0) is 51.4 Å². The molecule has 0 aromatic rings. The van der Waals surface area contributed by atoms with E-state index in [1.807, 2.05) is 0 Å². The number of phosphoric ester groups is 1. The minimum atomic E-state index is -4.39.